The number of hydrogen-bond acceptors (Lipinski definition) is 5. The first-order valence-electron chi connectivity index (χ1n) is 40.3. The SMILES string of the molecule is CCCCCCCC/C=C\CCCCCCCCCCCC(=O)OCCCCCCCCCCCCCC/C=C\CCCCCCCCCCCCCCCCCCC(=O)NC(CO)C(O)/C=C/CCCCCCCCCCCCCCCCCCCC. The van der Waals surface area contributed by atoms with Crippen LogP contribution in [0.4, 0.5) is 0 Å². The summed E-state index contributed by atoms with van der Waals surface area (Å²) in [6, 6.07) is -0.627. The number of carbonyl (C=O) groups is 2. The van der Waals surface area contributed by atoms with Gasteiger partial charge in [-0.15, -0.1) is 0 Å². The Bertz CT molecular complexity index is 1430. The van der Waals surface area contributed by atoms with Gasteiger partial charge >= 0.3 is 5.97 Å². The molecule has 0 aliphatic heterocycles. The van der Waals surface area contributed by atoms with Gasteiger partial charge in [-0.05, 0) is 83.5 Å². The molecule has 2 unspecified atom stereocenters. The zero-order valence-corrected chi connectivity index (χ0v) is 59.7. The van der Waals surface area contributed by atoms with Gasteiger partial charge in [0, 0.05) is 12.8 Å². The average molecular weight is 1240 g/mol. The Balaban J connectivity index is 3.36. The zero-order valence-electron chi connectivity index (χ0n) is 59.7. The van der Waals surface area contributed by atoms with Crippen LogP contribution in [0.2, 0.25) is 0 Å². The molecule has 0 heterocycles. The molecule has 0 spiro atoms. The number of rotatable bonds is 76. The molecular weight excluding hydrogens is 1080 g/mol. The Morgan fingerprint density at radius 1 is 0.307 bits per heavy atom. The van der Waals surface area contributed by atoms with Crippen molar-refractivity contribution in [3.63, 3.8) is 0 Å². The van der Waals surface area contributed by atoms with Crippen molar-refractivity contribution in [3.8, 4) is 0 Å². The molecule has 2 atom stereocenters. The number of esters is 1. The molecule has 0 saturated heterocycles. The lowest BCUT2D eigenvalue weighted by atomic mass is 10.0. The third-order valence-electron chi connectivity index (χ3n) is 18.9. The van der Waals surface area contributed by atoms with Gasteiger partial charge < -0.3 is 20.3 Å². The Morgan fingerprint density at radius 2 is 0.534 bits per heavy atom. The summed E-state index contributed by atoms with van der Waals surface area (Å²) in [6.07, 6.45) is 101. The van der Waals surface area contributed by atoms with E-state index in [1.165, 1.54) is 385 Å². The monoisotopic (exact) mass is 1240 g/mol. The summed E-state index contributed by atoms with van der Waals surface area (Å²) in [5, 5.41) is 23.3. The van der Waals surface area contributed by atoms with Gasteiger partial charge in [0.2, 0.25) is 5.91 Å². The predicted octanol–water partition coefficient (Wildman–Crippen LogP) is 26.6. The van der Waals surface area contributed by atoms with Crippen LogP contribution < -0.4 is 5.32 Å². The van der Waals surface area contributed by atoms with Gasteiger partial charge in [-0.25, -0.2) is 0 Å². The predicted molar refractivity (Wildman–Crippen MR) is 389 cm³/mol. The number of ether oxygens (including phenoxy) is 1. The third kappa shape index (κ3) is 73.1. The maximum atomic E-state index is 12.5. The Morgan fingerprint density at radius 3 is 0.807 bits per heavy atom. The summed E-state index contributed by atoms with van der Waals surface area (Å²) in [7, 11) is 0. The lowest BCUT2D eigenvalue weighted by Gasteiger charge is -2.20. The lowest BCUT2D eigenvalue weighted by molar-refractivity contribution is -0.143. The number of amides is 1. The number of carbonyl (C=O) groups excluding carboxylic acids is 2. The van der Waals surface area contributed by atoms with E-state index in [0.717, 1.165) is 38.5 Å². The van der Waals surface area contributed by atoms with E-state index in [-0.39, 0.29) is 18.5 Å². The number of hydrogen-bond donors (Lipinski definition) is 3. The number of aliphatic hydroxyl groups is 2. The van der Waals surface area contributed by atoms with Gasteiger partial charge in [-0.2, -0.15) is 0 Å². The van der Waals surface area contributed by atoms with Crippen LogP contribution >= 0.6 is 0 Å². The molecule has 0 aliphatic carbocycles. The molecule has 0 aromatic heterocycles. The van der Waals surface area contributed by atoms with Gasteiger partial charge in [-0.1, -0.05) is 391 Å². The van der Waals surface area contributed by atoms with Crippen LogP contribution in [0.15, 0.2) is 36.5 Å². The molecule has 0 aromatic carbocycles. The van der Waals surface area contributed by atoms with E-state index in [4.69, 9.17) is 4.74 Å². The second kappa shape index (κ2) is 77.5. The average Bonchev–Trinajstić information content (AvgIpc) is 3.58. The molecule has 3 N–H and O–H groups in total. The second-order valence-electron chi connectivity index (χ2n) is 27.7. The van der Waals surface area contributed by atoms with Crippen molar-refractivity contribution >= 4 is 11.9 Å². The van der Waals surface area contributed by atoms with Crippen molar-refractivity contribution in [2.45, 2.75) is 463 Å². The van der Waals surface area contributed by atoms with Crippen LogP contribution in [0.3, 0.4) is 0 Å². The standard InChI is InChI=1S/C82H157NO5/c1-3-5-7-9-11-13-15-17-19-21-23-39-42-46-50-54-58-62-66-70-74-80(85)79(78-84)83-81(86)75-71-67-63-59-55-51-47-43-40-36-34-32-30-28-26-24-25-27-29-31-33-35-37-41-45-49-53-57-61-65-69-73-77-88-82(87)76-72-68-64-60-56-52-48-44-38-22-20-18-16-14-12-10-8-6-4-2/h18,20,27,29,70,74,79-80,84-85H,3-17,19,21-26,28,30-69,71-73,75-78H2,1-2H3,(H,83,86)/b20-18-,29-27-,74-70+. The van der Waals surface area contributed by atoms with Crippen LogP contribution in [-0.2, 0) is 14.3 Å². The smallest absolute Gasteiger partial charge is 0.305 e. The molecule has 0 saturated carbocycles. The summed E-state index contributed by atoms with van der Waals surface area (Å²) < 4.78 is 5.52. The van der Waals surface area contributed by atoms with Gasteiger partial charge in [0.1, 0.15) is 0 Å². The number of allylic oxidation sites excluding steroid dienone is 5. The highest BCUT2D eigenvalue weighted by Crippen LogP contribution is 2.20. The minimum Gasteiger partial charge on any atom is -0.466 e. The molecule has 1 amide bonds. The van der Waals surface area contributed by atoms with E-state index in [0.29, 0.717) is 19.4 Å². The summed E-state index contributed by atoms with van der Waals surface area (Å²) in [5.74, 6) is -0.0427. The second-order valence-corrected chi connectivity index (χ2v) is 27.7. The van der Waals surface area contributed by atoms with Crippen LogP contribution in [-0.4, -0.2) is 47.4 Å². The normalized spacial score (nSPS) is 12.6. The molecule has 0 bridgehead atoms. The molecule has 0 aromatic rings. The first-order valence-corrected chi connectivity index (χ1v) is 40.3. The van der Waals surface area contributed by atoms with Crippen molar-refractivity contribution in [1.82, 2.24) is 5.32 Å². The molecule has 520 valence electrons. The summed E-state index contributed by atoms with van der Waals surface area (Å²) in [4.78, 5) is 24.7. The van der Waals surface area contributed by atoms with Crippen LogP contribution in [0, 0.1) is 0 Å². The van der Waals surface area contributed by atoms with Crippen LogP contribution in [0.25, 0.3) is 0 Å². The largest absolute Gasteiger partial charge is 0.466 e. The highest BCUT2D eigenvalue weighted by atomic mass is 16.5. The Hall–Kier alpha value is -1.92. The van der Waals surface area contributed by atoms with E-state index in [1.807, 2.05) is 6.08 Å². The van der Waals surface area contributed by atoms with E-state index in [2.05, 4.69) is 43.5 Å². The van der Waals surface area contributed by atoms with E-state index >= 15 is 0 Å². The molecule has 6 heteroatoms. The molecule has 0 radical (unpaired) electrons. The van der Waals surface area contributed by atoms with Crippen LogP contribution in [0.1, 0.15) is 450 Å². The van der Waals surface area contributed by atoms with Gasteiger partial charge in [0.15, 0.2) is 0 Å². The van der Waals surface area contributed by atoms with Crippen molar-refractivity contribution in [2.24, 2.45) is 0 Å². The highest BCUT2D eigenvalue weighted by molar-refractivity contribution is 5.76. The molecule has 0 aliphatic rings. The maximum absolute atomic E-state index is 12.5. The summed E-state index contributed by atoms with van der Waals surface area (Å²) in [5.41, 5.74) is 0. The fraction of sp³-hybridized carbons (Fsp3) is 0.902. The molecule has 0 rings (SSSR count). The maximum Gasteiger partial charge on any atom is 0.305 e. The lowest BCUT2D eigenvalue weighted by Crippen LogP contribution is -2.45. The minimum atomic E-state index is -0.844. The number of unbranched alkanes of at least 4 members (excludes halogenated alkanes) is 61. The van der Waals surface area contributed by atoms with Crippen molar-refractivity contribution in [3.05, 3.63) is 36.5 Å². The fourth-order valence-electron chi connectivity index (χ4n) is 12.7. The topological polar surface area (TPSA) is 95.9 Å². The third-order valence-corrected chi connectivity index (χ3v) is 18.9. The van der Waals surface area contributed by atoms with Crippen molar-refractivity contribution < 1.29 is 24.5 Å². The van der Waals surface area contributed by atoms with Crippen LogP contribution in [0.5, 0.6) is 0 Å². The van der Waals surface area contributed by atoms with Gasteiger partial charge in [-0.3, -0.25) is 9.59 Å². The summed E-state index contributed by atoms with van der Waals surface area (Å²) in [6.45, 7) is 4.95. The number of nitrogens with one attached hydrogen (secondary N) is 1. The Labute approximate surface area is 551 Å². The first-order chi connectivity index (χ1) is 43.5. The highest BCUT2D eigenvalue weighted by Gasteiger charge is 2.18. The number of aliphatic hydroxyl groups excluding tert-OH is 2. The molecule has 6 nitrogen and oxygen atoms in total. The van der Waals surface area contributed by atoms with E-state index in [1.54, 1.807) is 6.08 Å². The minimum absolute atomic E-state index is 0.0184. The molecule has 0 fully saturated rings. The van der Waals surface area contributed by atoms with E-state index < -0.39 is 12.1 Å². The zero-order chi connectivity index (χ0) is 63.5. The summed E-state index contributed by atoms with van der Waals surface area (Å²) >= 11 is 0. The molecular formula is C82H157NO5. The van der Waals surface area contributed by atoms with Crippen molar-refractivity contribution in [2.75, 3.05) is 13.2 Å². The van der Waals surface area contributed by atoms with Crippen molar-refractivity contribution in [1.29, 1.82) is 0 Å². The Kier molecular flexibility index (Phi) is 75.8. The van der Waals surface area contributed by atoms with Gasteiger partial charge in [0.25, 0.3) is 0 Å². The van der Waals surface area contributed by atoms with Gasteiger partial charge in [0.05, 0.1) is 25.4 Å². The fourth-order valence-corrected chi connectivity index (χ4v) is 12.7. The first kappa shape index (κ1) is 86.1. The quantitative estimate of drug-likeness (QED) is 0.0320. The molecule has 88 heavy (non-hydrogen) atoms. The van der Waals surface area contributed by atoms with E-state index in [9.17, 15) is 19.8 Å².